The number of rotatable bonds is 2. The molecule has 0 fully saturated rings. The second kappa shape index (κ2) is 7.00. The van der Waals surface area contributed by atoms with Gasteiger partial charge in [0.25, 0.3) is 5.56 Å². The van der Waals surface area contributed by atoms with Crippen LogP contribution in [0.4, 0.5) is 0 Å². The fraction of sp³-hybridized carbons (Fsp3) is 0.0500. The van der Waals surface area contributed by atoms with E-state index in [1.807, 2.05) is 0 Å². The third-order valence-electron chi connectivity index (χ3n) is 4.33. The van der Waals surface area contributed by atoms with Crippen molar-refractivity contribution in [2.45, 2.75) is 6.04 Å². The number of fused-ring (bicyclic) bond motifs is 1. The average molecular weight is 409 g/mol. The van der Waals surface area contributed by atoms with Gasteiger partial charge in [0, 0.05) is 5.02 Å². The van der Waals surface area contributed by atoms with E-state index in [1.165, 1.54) is 15.9 Å². The summed E-state index contributed by atoms with van der Waals surface area (Å²) in [5.41, 5.74) is 7.58. The molecule has 0 saturated carbocycles. The maximum atomic E-state index is 12.8. The molecule has 0 radical (unpaired) electrons. The van der Waals surface area contributed by atoms with Gasteiger partial charge in [0.1, 0.15) is 23.7 Å². The SMILES string of the molecule is N#CC1=C(N)n2c(s/c(=C\c3ccc(O)cc3)c2=O)=NC1c1ccc(Cl)cc1. The van der Waals surface area contributed by atoms with Gasteiger partial charge >= 0.3 is 0 Å². The van der Waals surface area contributed by atoms with E-state index < -0.39 is 6.04 Å². The maximum absolute atomic E-state index is 12.8. The zero-order valence-corrected chi connectivity index (χ0v) is 15.9. The van der Waals surface area contributed by atoms with E-state index in [2.05, 4.69) is 11.1 Å². The molecule has 0 bridgehead atoms. The molecule has 1 aliphatic rings. The lowest BCUT2D eigenvalue weighted by Crippen LogP contribution is -2.36. The van der Waals surface area contributed by atoms with Crippen LogP contribution < -0.4 is 20.6 Å². The van der Waals surface area contributed by atoms with Crippen LogP contribution in [0.1, 0.15) is 17.2 Å². The Labute approximate surface area is 168 Å². The van der Waals surface area contributed by atoms with Crippen molar-refractivity contribution in [1.29, 1.82) is 5.26 Å². The van der Waals surface area contributed by atoms with E-state index in [4.69, 9.17) is 17.3 Å². The van der Waals surface area contributed by atoms with Gasteiger partial charge in [0.05, 0.1) is 10.1 Å². The van der Waals surface area contributed by atoms with Crippen LogP contribution in [0.5, 0.6) is 5.75 Å². The van der Waals surface area contributed by atoms with Gasteiger partial charge in [-0.05, 0) is 41.5 Å². The molecule has 3 N–H and O–H groups in total. The molecule has 0 amide bonds. The summed E-state index contributed by atoms with van der Waals surface area (Å²) in [4.78, 5) is 17.9. The summed E-state index contributed by atoms with van der Waals surface area (Å²) >= 11 is 7.14. The Morgan fingerprint density at radius 2 is 1.89 bits per heavy atom. The molecule has 1 atom stereocenters. The first kappa shape index (κ1) is 18.0. The Hall–Kier alpha value is -3.34. The quantitative estimate of drug-likeness (QED) is 0.677. The first-order valence-corrected chi connectivity index (χ1v) is 9.43. The second-order valence-electron chi connectivity index (χ2n) is 6.12. The molecule has 2 aromatic carbocycles. The number of nitriles is 1. The van der Waals surface area contributed by atoms with Crippen molar-refractivity contribution in [3.63, 3.8) is 0 Å². The van der Waals surface area contributed by atoms with Crippen molar-refractivity contribution in [3.8, 4) is 11.8 Å². The predicted molar refractivity (Wildman–Crippen MR) is 108 cm³/mol. The van der Waals surface area contributed by atoms with E-state index in [0.717, 1.165) is 11.1 Å². The highest BCUT2D eigenvalue weighted by atomic mass is 35.5. The lowest BCUT2D eigenvalue weighted by atomic mass is 9.99. The Balaban J connectivity index is 1.92. The second-order valence-corrected chi connectivity index (χ2v) is 7.56. The van der Waals surface area contributed by atoms with Gasteiger partial charge in [0.2, 0.25) is 0 Å². The Morgan fingerprint density at radius 1 is 1.21 bits per heavy atom. The highest BCUT2D eigenvalue weighted by Gasteiger charge is 2.26. The first-order valence-electron chi connectivity index (χ1n) is 8.24. The van der Waals surface area contributed by atoms with E-state index in [0.29, 0.717) is 14.4 Å². The Morgan fingerprint density at radius 3 is 2.54 bits per heavy atom. The van der Waals surface area contributed by atoms with E-state index >= 15 is 0 Å². The van der Waals surface area contributed by atoms with Crippen LogP contribution in [-0.4, -0.2) is 9.67 Å². The summed E-state index contributed by atoms with van der Waals surface area (Å²) in [5, 5.41) is 19.6. The molecule has 0 spiro atoms. The molecule has 1 aromatic heterocycles. The first-order chi connectivity index (χ1) is 13.5. The van der Waals surface area contributed by atoms with E-state index in [9.17, 15) is 15.2 Å². The van der Waals surface area contributed by atoms with Crippen LogP contribution in [0.2, 0.25) is 5.02 Å². The average Bonchev–Trinajstić information content (AvgIpc) is 3.00. The lowest BCUT2D eigenvalue weighted by molar-refractivity contribution is 0.475. The number of nitrogens with two attached hydrogens (primary N) is 1. The van der Waals surface area contributed by atoms with Gasteiger partial charge in [-0.2, -0.15) is 5.26 Å². The predicted octanol–water partition coefficient (Wildman–Crippen LogP) is 2.12. The highest BCUT2D eigenvalue weighted by Crippen LogP contribution is 2.29. The van der Waals surface area contributed by atoms with Gasteiger partial charge in [-0.3, -0.25) is 4.79 Å². The van der Waals surface area contributed by atoms with Crippen LogP contribution in [0.25, 0.3) is 11.9 Å². The molecule has 4 rings (SSSR count). The molecule has 6 nitrogen and oxygen atoms in total. The van der Waals surface area contributed by atoms with Crippen LogP contribution in [0, 0.1) is 11.3 Å². The summed E-state index contributed by atoms with van der Waals surface area (Å²) in [7, 11) is 0. The number of phenols is 1. The van der Waals surface area contributed by atoms with Crippen LogP contribution in [0.15, 0.2) is 63.9 Å². The van der Waals surface area contributed by atoms with Crippen molar-refractivity contribution >= 4 is 34.8 Å². The number of phenolic OH excluding ortho intramolecular Hbond substituents is 1. The van der Waals surface area contributed by atoms with Crippen molar-refractivity contribution in [2.24, 2.45) is 10.7 Å². The summed E-state index contributed by atoms with van der Waals surface area (Å²) in [6, 6.07) is 15.0. The highest BCUT2D eigenvalue weighted by molar-refractivity contribution is 7.07. The third kappa shape index (κ3) is 3.09. The molecule has 2 heterocycles. The number of benzene rings is 2. The van der Waals surface area contributed by atoms with Crippen molar-refractivity contribution in [3.05, 3.63) is 89.9 Å². The molecule has 3 aromatic rings. The topological polar surface area (TPSA) is 104 Å². The number of aromatic nitrogens is 1. The van der Waals surface area contributed by atoms with Crippen molar-refractivity contribution < 1.29 is 5.11 Å². The molecule has 1 aliphatic heterocycles. The monoisotopic (exact) mass is 408 g/mol. The fourth-order valence-corrected chi connectivity index (χ4v) is 4.06. The number of hydrogen-bond donors (Lipinski definition) is 2. The number of aromatic hydroxyl groups is 1. The fourth-order valence-electron chi connectivity index (χ4n) is 2.93. The minimum Gasteiger partial charge on any atom is -0.508 e. The van der Waals surface area contributed by atoms with Crippen LogP contribution in [0.3, 0.4) is 0 Å². The van der Waals surface area contributed by atoms with Gasteiger partial charge in [-0.25, -0.2) is 9.56 Å². The number of halogens is 1. The standard InChI is InChI=1S/C20H13ClN4O2S/c21-13-5-3-12(4-6-13)17-15(10-22)18(23)25-19(27)16(28-20(25)24-17)9-11-1-7-14(26)8-2-11/h1-9,17,26H,23H2/b16-9-. The summed E-state index contributed by atoms with van der Waals surface area (Å²) < 4.78 is 1.70. The van der Waals surface area contributed by atoms with Gasteiger partial charge < -0.3 is 10.8 Å². The molecule has 0 saturated heterocycles. The molecule has 138 valence electrons. The Kier molecular flexibility index (Phi) is 4.51. The molecular formula is C20H13ClN4O2S. The zero-order chi connectivity index (χ0) is 19.8. The normalized spacial score (nSPS) is 16.4. The largest absolute Gasteiger partial charge is 0.508 e. The molecule has 8 heteroatoms. The molecule has 1 unspecified atom stereocenters. The summed E-state index contributed by atoms with van der Waals surface area (Å²) in [6.07, 6.45) is 1.70. The van der Waals surface area contributed by atoms with Crippen molar-refractivity contribution in [2.75, 3.05) is 0 Å². The summed E-state index contributed by atoms with van der Waals surface area (Å²) in [6.45, 7) is 0. The van der Waals surface area contributed by atoms with E-state index in [1.54, 1.807) is 54.6 Å². The van der Waals surface area contributed by atoms with Crippen molar-refractivity contribution in [1.82, 2.24) is 4.57 Å². The Bertz CT molecular complexity index is 1310. The smallest absolute Gasteiger partial charge is 0.276 e. The van der Waals surface area contributed by atoms with Gasteiger partial charge in [-0.1, -0.05) is 47.2 Å². The molecule has 28 heavy (non-hydrogen) atoms. The number of hydrogen-bond acceptors (Lipinski definition) is 6. The minimum atomic E-state index is -0.596. The molecule has 0 aliphatic carbocycles. The van der Waals surface area contributed by atoms with Gasteiger partial charge in [0.15, 0.2) is 4.80 Å². The van der Waals surface area contributed by atoms with Crippen LogP contribution >= 0.6 is 22.9 Å². The summed E-state index contributed by atoms with van der Waals surface area (Å²) in [5.74, 6) is 0.227. The maximum Gasteiger partial charge on any atom is 0.276 e. The van der Waals surface area contributed by atoms with Crippen LogP contribution in [-0.2, 0) is 0 Å². The number of nitrogens with zero attached hydrogens (tertiary/aromatic N) is 3. The van der Waals surface area contributed by atoms with Gasteiger partial charge in [-0.15, -0.1) is 0 Å². The number of thiazole rings is 1. The zero-order valence-electron chi connectivity index (χ0n) is 14.3. The van der Waals surface area contributed by atoms with E-state index in [-0.39, 0.29) is 22.7 Å². The lowest BCUT2D eigenvalue weighted by Gasteiger charge is -2.18. The minimum absolute atomic E-state index is 0.0825. The molecular weight excluding hydrogens is 396 g/mol. The third-order valence-corrected chi connectivity index (χ3v) is 5.57.